The van der Waals surface area contributed by atoms with Gasteiger partial charge in [-0.05, 0) is 37.3 Å². The van der Waals surface area contributed by atoms with Crippen LogP contribution in [0.25, 0.3) is 0 Å². The van der Waals surface area contributed by atoms with Crippen LogP contribution in [0, 0.1) is 17.3 Å². The number of carbonyl (C=O) groups is 2. The summed E-state index contributed by atoms with van der Waals surface area (Å²) in [6, 6.07) is 7.50. The van der Waals surface area contributed by atoms with Crippen LogP contribution in [0.2, 0.25) is 0 Å². The summed E-state index contributed by atoms with van der Waals surface area (Å²) in [7, 11) is 0. The van der Waals surface area contributed by atoms with E-state index in [1.807, 2.05) is 18.2 Å². The predicted molar refractivity (Wildman–Crippen MR) is 98.6 cm³/mol. The molecule has 5 rings (SSSR count). The van der Waals surface area contributed by atoms with Gasteiger partial charge in [0, 0.05) is 18.3 Å². The number of para-hydroxylation sites is 1. The number of hydrogen-bond donors (Lipinski definition) is 0. The lowest BCUT2D eigenvalue weighted by molar-refractivity contribution is -0.263. The van der Waals surface area contributed by atoms with Crippen molar-refractivity contribution in [3.05, 3.63) is 29.8 Å². The Hall–Kier alpha value is -1.92. The summed E-state index contributed by atoms with van der Waals surface area (Å²) < 4.78 is 23.7. The molecule has 4 atom stereocenters. The number of carbonyl (C=O) groups excluding carboxylic acids is 2. The van der Waals surface area contributed by atoms with E-state index in [0.29, 0.717) is 25.4 Å². The van der Waals surface area contributed by atoms with Crippen LogP contribution >= 0.6 is 0 Å². The highest BCUT2D eigenvalue weighted by Crippen LogP contribution is 2.65. The fourth-order valence-electron chi connectivity index (χ4n) is 6.18. The van der Waals surface area contributed by atoms with Gasteiger partial charge in [-0.3, -0.25) is 9.59 Å². The minimum absolute atomic E-state index is 0.0118. The monoisotopic (exact) mass is 386 g/mol. The summed E-state index contributed by atoms with van der Waals surface area (Å²) in [6.07, 6.45) is 4.14. The minimum atomic E-state index is -1.32. The van der Waals surface area contributed by atoms with Crippen molar-refractivity contribution in [1.29, 1.82) is 0 Å². The molecule has 150 valence electrons. The molecule has 1 saturated heterocycles. The molecule has 2 aliphatic carbocycles. The Morgan fingerprint density at radius 3 is 2.61 bits per heavy atom. The van der Waals surface area contributed by atoms with Gasteiger partial charge in [0.15, 0.2) is 11.2 Å². The second kappa shape index (κ2) is 6.56. The first kappa shape index (κ1) is 18.1. The van der Waals surface area contributed by atoms with Crippen molar-refractivity contribution in [2.45, 2.75) is 50.7 Å². The molecule has 1 aromatic carbocycles. The van der Waals surface area contributed by atoms with Crippen LogP contribution in [0.5, 0.6) is 5.75 Å². The maximum absolute atomic E-state index is 13.5. The number of fused-ring (bicyclic) bond motifs is 6. The van der Waals surface area contributed by atoms with Gasteiger partial charge in [-0.1, -0.05) is 31.0 Å². The largest absolute Gasteiger partial charge is 0.465 e. The topological polar surface area (TPSA) is 71.1 Å². The Kier molecular flexibility index (Phi) is 4.25. The maximum atomic E-state index is 13.5. The van der Waals surface area contributed by atoms with Crippen molar-refractivity contribution < 1.29 is 28.5 Å². The van der Waals surface area contributed by atoms with Crippen molar-refractivity contribution in [3.63, 3.8) is 0 Å². The van der Waals surface area contributed by atoms with Crippen LogP contribution in [0.3, 0.4) is 0 Å². The third-order valence-corrected chi connectivity index (χ3v) is 7.18. The molecule has 0 radical (unpaired) electrons. The second-order valence-corrected chi connectivity index (χ2v) is 8.28. The molecule has 28 heavy (non-hydrogen) atoms. The lowest BCUT2D eigenvalue weighted by atomic mass is 9.49. The van der Waals surface area contributed by atoms with E-state index in [4.69, 9.17) is 18.9 Å². The molecule has 3 fully saturated rings. The molecule has 0 bridgehead atoms. The molecular weight excluding hydrogens is 360 g/mol. The second-order valence-electron chi connectivity index (χ2n) is 8.28. The van der Waals surface area contributed by atoms with Gasteiger partial charge in [0.1, 0.15) is 5.75 Å². The molecule has 0 aromatic heterocycles. The highest BCUT2D eigenvalue weighted by molar-refractivity contribution is 6.04. The standard InChI is InChI=1S/C22H26O6/c1-2-25-19(23)22-16-9-5-4-8-15(16)21(26-11-12-27-21)13-17(22)14-7-3-6-10-18(14)28-20(22)24/h3,6-7,10,15-17H,2,4-5,8-9,11-13H2,1H3. The van der Waals surface area contributed by atoms with E-state index in [9.17, 15) is 9.59 Å². The normalized spacial score (nSPS) is 35.5. The number of benzene rings is 1. The van der Waals surface area contributed by atoms with Gasteiger partial charge in [-0.2, -0.15) is 0 Å². The third kappa shape index (κ3) is 2.28. The molecule has 6 heteroatoms. The highest BCUT2D eigenvalue weighted by atomic mass is 16.7. The van der Waals surface area contributed by atoms with Crippen molar-refractivity contribution in [3.8, 4) is 5.75 Å². The zero-order valence-electron chi connectivity index (χ0n) is 16.1. The zero-order valence-corrected chi connectivity index (χ0v) is 16.1. The summed E-state index contributed by atoms with van der Waals surface area (Å²) in [5.74, 6) is -1.72. The number of esters is 2. The molecule has 1 aromatic rings. The molecular formula is C22H26O6. The quantitative estimate of drug-likeness (QED) is 0.442. The van der Waals surface area contributed by atoms with Crippen molar-refractivity contribution in [2.75, 3.05) is 19.8 Å². The average Bonchev–Trinajstić information content (AvgIpc) is 3.17. The van der Waals surface area contributed by atoms with Crippen molar-refractivity contribution in [2.24, 2.45) is 17.3 Å². The van der Waals surface area contributed by atoms with E-state index in [2.05, 4.69) is 0 Å². The third-order valence-electron chi connectivity index (χ3n) is 7.18. The van der Waals surface area contributed by atoms with Crippen LogP contribution in [-0.2, 0) is 23.8 Å². The van der Waals surface area contributed by atoms with Gasteiger partial charge in [0.25, 0.3) is 0 Å². The molecule has 4 aliphatic rings. The maximum Gasteiger partial charge on any atom is 0.329 e. The van der Waals surface area contributed by atoms with Crippen LogP contribution in [0.4, 0.5) is 0 Å². The molecule has 0 N–H and O–H groups in total. The van der Waals surface area contributed by atoms with E-state index in [1.165, 1.54) is 0 Å². The highest BCUT2D eigenvalue weighted by Gasteiger charge is 2.72. The van der Waals surface area contributed by atoms with Crippen molar-refractivity contribution in [1.82, 2.24) is 0 Å². The Bertz CT molecular complexity index is 798. The molecule has 1 spiro atoms. The fraction of sp³-hybridized carbons (Fsp3) is 0.636. The minimum Gasteiger partial charge on any atom is -0.465 e. The summed E-state index contributed by atoms with van der Waals surface area (Å²) >= 11 is 0. The lowest BCUT2D eigenvalue weighted by Crippen LogP contribution is -2.65. The zero-order chi connectivity index (χ0) is 19.4. The number of rotatable bonds is 2. The summed E-state index contributed by atoms with van der Waals surface area (Å²) in [5, 5.41) is 0. The van der Waals surface area contributed by atoms with E-state index >= 15 is 0 Å². The van der Waals surface area contributed by atoms with Gasteiger partial charge in [-0.15, -0.1) is 0 Å². The van der Waals surface area contributed by atoms with E-state index in [0.717, 1.165) is 31.2 Å². The first-order valence-corrected chi connectivity index (χ1v) is 10.4. The first-order chi connectivity index (χ1) is 13.6. The molecule has 6 nitrogen and oxygen atoms in total. The first-order valence-electron chi connectivity index (χ1n) is 10.4. The Morgan fingerprint density at radius 1 is 1.14 bits per heavy atom. The number of ether oxygens (including phenoxy) is 4. The van der Waals surface area contributed by atoms with E-state index < -0.39 is 23.1 Å². The van der Waals surface area contributed by atoms with Crippen LogP contribution in [-0.4, -0.2) is 37.5 Å². The van der Waals surface area contributed by atoms with Crippen molar-refractivity contribution >= 4 is 11.9 Å². The van der Waals surface area contributed by atoms with Gasteiger partial charge in [-0.25, -0.2) is 0 Å². The van der Waals surface area contributed by atoms with Crippen LogP contribution < -0.4 is 4.74 Å². The van der Waals surface area contributed by atoms with Gasteiger partial charge in [0.05, 0.1) is 19.8 Å². The van der Waals surface area contributed by atoms with E-state index in [-0.39, 0.29) is 24.4 Å². The lowest BCUT2D eigenvalue weighted by Gasteiger charge is -2.58. The molecule has 4 unspecified atom stereocenters. The van der Waals surface area contributed by atoms with Gasteiger partial charge < -0.3 is 18.9 Å². The summed E-state index contributed by atoms with van der Waals surface area (Å²) in [4.78, 5) is 26.9. The summed E-state index contributed by atoms with van der Waals surface area (Å²) in [6.45, 7) is 3.11. The van der Waals surface area contributed by atoms with E-state index in [1.54, 1.807) is 13.0 Å². The molecule has 2 saturated carbocycles. The molecule has 2 aliphatic heterocycles. The predicted octanol–water partition coefficient (Wildman–Crippen LogP) is 3.19. The number of hydrogen-bond acceptors (Lipinski definition) is 6. The molecule has 0 amide bonds. The average molecular weight is 386 g/mol. The van der Waals surface area contributed by atoms with Crippen LogP contribution in [0.15, 0.2) is 24.3 Å². The smallest absolute Gasteiger partial charge is 0.329 e. The van der Waals surface area contributed by atoms with Crippen LogP contribution in [0.1, 0.15) is 50.5 Å². The summed E-state index contributed by atoms with van der Waals surface area (Å²) in [5.41, 5.74) is -0.451. The fourth-order valence-corrected chi connectivity index (χ4v) is 6.18. The SMILES string of the molecule is CCOC(=O)C12C(=O)Oc3ccccc3C1CC1(OCCO1)C1CCCCC12. The Morgan fingerprint density at radius 2 is 1.86 bits per heavy atom. The Balaban J connectivity index is 1.72. The molecule has 2 heterocycles. The van der Waals surface area contributed by atoms with Gasteiger partial charge >= 0.3 is 11.9 Å². The Labute approximate surface area is 164 Å². The van der Waals surface area contributed by atoms with Gasteiger partial charge in [0.2, 0.25) is 0 Å².